The average Bonchev–Trinajstić information content (AvgIpc) is 2.62. The summed E-state index contributed by atoms with van der Waals surface area (Å²) in [5, 5.41) is 6.61. The van der Waals surface area contributed by atoms with Gasteiger partial charge in [-0.3, -0.25) is 9.98 Å². The fraction of sp³-hybridized carbons (Fsp3) is 0.684. The Morgan fingerprint density at radius 3 is 2.64 bits per heavy atom. The molecule has 6 nitrogen and oxygen atoms in total. The molecule has 0 saturated carbocycles. The van der Waals surface area contributed by atoms with E-state index in [0.29, 0.717) is 26.4 Å². The molecule has 0 aliphatic heterocycles. The van der Waals surface area contributed by atoms with Crippen LogP contribution in [0.15, 0.2) is 23.5 Å². The normalized spacial score (nSPS) is 11.6. The minimum atomic E-state index is 0.608. The first-order chi connectivity index (χ1) is 12.3. The summed E-state index contributed by atoms with van der Waals surface area (Å²) in [5.74, 6) is 0.831. The molecule has 0 atom stereocenters. The monoisotopic (exact) mass is 350 g/mol. The second kappa shape index (κ2) is 14.7. The van der Waals surface area contributed by atoms with Crippen LogP contribution in [0.4, 0.5) is 0 Å². The summed E-state index contributed by atoms with van der Waals surface area (Å²) >= 11 is 0. The van der Waals surface area contributed by atoms with Crippen LogP contribution < -0.4 is 10.6 Å². The number of ether oxygens (including phenoxy) is 2. The lowest BCUT2D eigenvalue weighted by atomic mass is 10.1. The Hall–Kier alpha value is -1.66. The van der Waals surface area contributed by atoms with Crippen LogP contribution in [0.1, 0.15) is 37.8 Å². The number of nitrogens with one attached hydrogen (secondary N) is 2. The van der Waals surface area contributed by atoms with Crippen molar-refractivity contribution in [1.82, 2.24) is 15.6 Å². The van der Waals surface area contributed by atoms with Crippen LogP contribution in [0.25, 0.3) is 0 Å². The van der Waals surface area contributed by atoms with Crippen molar-refractivity contribution in [3.8, 4) is 0 Å². The van der Waals surface area contributed by atoms with Crippen LogP contribution in [0, 0.1) is 6.92 Å². The van der Waals surface area contributed by atoms with Gasteiger partial charge in [0.05, 0.1) is 26.4 Å². The summed E-state index contributed by atoms with van der Waals surface area (Å²) < 4.78 is 11.0. The fourth-order valence-electron chi connectivity index (χ4n) is 2.23. The van der Waals surface area contributed by atoms with Crippen molar-refractivity contribution in [3.05, 3.63) is 29.6 Å². The Balaban J connectivity index is 2.17. The summed E-state index contributed by atoms with van der Waals surface area (Å²) in [6.07, 6.45) is 6.96. The van der Waals surface area contributed by atoms with E-state index >= 15 is 0 Å². The number of nitrogens with zero attached hydrogens (tertiary/aromatic N) is 2. The zero-order valence-corrected chi connectivity index (χ0v) is 16.0. The van der Waals surface area contributed by atoms with Crippen molar-refractivity contribution in [1.29, 1.82) is 0 Å². The molecule has 1 rings (SSSR count). The molecule has 0 bridgehead atoms. The molecule has 1 aromatic rings. The number of unbranched alkanes of at least 4 members (excludes halogenated alkanes) is 1. The number of hydrogen-bond acceptors (Lipinski definition) is 4. The molecule has 25 heavy (non-hydrogen) atoms. The Morgan fingerprint density at radius 2 is 1.92 bits per heavy atom. The lowest BCUT2D eigenvalue weighted by Gasteiger charge is -2.12. The van der Waals surface area contributed by atoms with Crippen LogP contribution >= 0.6 is 0 Å². The van der Waals surface area contributed by atoms with E-state index in [1.807, 2.05) is 12.4 Å². The fourth-order valence-corrected chi connectivity index (χ4v) is 2.23. The molecule has 0 amide bonds. The van der Waals surface area contributed by atoms with Crippen molar-refractivity contribution in [2.24, 2.45) is 4.99 Å². The number of pyridine rings is 1. The van der Waals surface area contributed by atoms with Gasteiger partial charge in [0.1, 0.15) is 0 Å². The zero-order valence-electron chi connectivity index (χ0n) is 16.0. The van der Waals surface area contributed by atoms with Gasteiger partial charge in [0.2, 0.25) is 0 Å². The van der Waals surface area contributed by atoms with E-state index in [1.165, 1.54) is 11.1 Å². The van der Waals surface area contributed by atoms with Gasteiger partial charge in [-0.25, -0.2) is 0 Å². The number of hydrogen-bond donors (Lipinski definition) is 2. The van der Waals surface area contributed by atoms with E-state index in [2.05, 4.69) is 47.4 Å². The second-order valence-electron chi connectivity index (χ2n) is 5.82. The van der Waals surface area contributed by atoms with E-state index in [0.717, 1.165) is 44.9 Å². The van der Waals surface area contributed by atoms with Crippen molar-refractivity contribution >= 4 is 5.96 Å². The minimum Gasteiger partial charge on any atom is -0.379 e. The SMILES string of the molecule is CCCCOCCOCCN=C(NCC)NCCc1ccncc1C. The predicted octanol–water partition coefficient (Wildman–Crippen LogP) is 2.32. The molecule has 0 spiro atoms. The van der Waals surface area contributed by atoms with Gasteiger partial charge in [-0.15, -0.1) is 0 Å². The summed E-state index contributed by atoms with van der Waals surface area (Å²) in [6.45, 7) is 11.3. The first kappa shape index (κ1) is 21.4. The molecule has 0 radical (unpaired) electrons. The van der Waals surface area contributed by atoms with Crippen molar-refractivity contribution in [2.45, 2.75) is 40.0 Å². The number of aromatic nitrogens is 1. The van der Waals surface area contributed by atoms with Gasteiger partial charge in [0.25, 0.3) is 0 Å². The maximum atomic E-state index is 5.54. The molecule has 0 fully saturated rings. The Labute approximate surface area is 152 Å². The number of rotatable bonds is 13. The van der Waals surface area contributed by atoms with Crippen LogP contribution in [0.5, 0.6) is 0 Å². The van der Waals surface area contributed by atoms with Crippen LogP contribution in [0.3, 0.4) is 0 Å². The molecule has 2 N–H and O–H groups in total. The van der Waals surface area contributed by atoms with Crippen LogP contribution in [-0.2, 0) is 15.9 Å². The molecular weight excluding hydrogens is 316 g/mol. The molecule has 0 saturated heterocycles. The maximum Gasteiger partial charge on any atom is 0.191 e. The standard InChI is InChI=1S/C19H34N4O2/c1-4-6-12-24-14-15-25-13-11-23-19(21-5-2)22-10-8-18-7-9-20-16-17(18)3/h7,9,16H,4-6,8,10-15H2,1-3H3,(H2,21,22,23). The second-order valence-corrected chi connectivity index (χ2v) is 5.82. The number of aliphatic imine (C=N–C) groups is 1. The van der Waals surface area contributed by atoms with Gasteiger partial charge in [-0.05, 0) is 43.9 Å². The third-order valence-corrected chi connectivity index (χ3v) is 3.69. The molecule has 1 heterocycles. The molecule has 0 aromatic carbocycles. The lowest BCUT2D eigenvalue weighted by Crippen LogP contribution is -2.38. The smallest absolute Gasteiger partial charge is 0.191 e. The van der Waals surface area contributed by atoms with Gasteiger partial charge in [0.15, 0.2) is 5.96 Å². The molecule has 0 aliphatic carbocycles. The molecule has 0 unspecified atom stereocenters. The highest BCUT2D eigenvalue weighted by Gasteiger charge is 2.00. The Kier molecular flexibility index (Phi) is 12.5. The van der Waals surface area contributed by atoms with Gasteiger partial charge >= 0.3 is 0 Å². The zero-order chi connectivity index (χ0) is 18.2. The Morgan fingerprint density at radius 1 is 1.12 bits per heavy atom. The van der Waals surface area contributed by atoms with E-state index < -0.39 is 0 Å². The summed E-state index contributed by atoms with van der Waals surface area (Å²) in [5.41, 5.74) is 2.53. The van der Waals surface area contributed by atoms with E-state index in [-0.39, 0.29) is 0 Å². The van der Waals surface area contributed by atoms with Gasteiger partial charge in [-0.2, -0.15) is 0 Å². The summed E-state index contributed by atoms with van der Waals surface area (Å²) in [7, 11) is 0. The first-order valence-electron chi connectivity index (χ1n) is 9.35. The molecule has 6 heteroatoms. The summed E-state index contributed by atoms with van der Waals surface area (Å²) in [4.78, 5) is 8.65. The highest BCUT2D eigenvalue weighted by Crippen LogP contribution is 2.04. The summed E-state index contributed by atoms with van der Waals surface area (Å²) in [6, 6.07) is 2.07. The molecule has 142 valence electrons. The van der Waals surface area contributed by atoms with E-state index in [4.69, 9.17) is 9.47 Å². The average molecular weight is 351 g/mol. The molecular formula is C19H34N4O2. The highest BCUT2D eigenvalue weighted by molar-refractivity contribution is 5.79. The van der Waals surface area contributed by atoms with E-state index in [1.54, 1.807) is 0 Å². The molecule has 0 aliphatic rings. The quantitative estimate of drug-likeness (QED) is 0.325. The molecule has 1 aromatic heterocycles. The minimum absolute atomic E-state index is 0.608. The maximum absolute atomic E-state index is 5.54. The van der Waals surface area contributed by atoms with Gasteiger partial charge in [0, 0.05) is 32.1 Å². The van der Waals surface area contributed by atoms with Crippen LogP contribution in [-0.4, -0.2) is 57.0 Å². The highest BCUT2D eigenvalue weighted by atomic mass is 16.5. The topological polar surface area (TPSA) is 67.8 Å². The van der Waals surface area contributed by atoms with Gasteiger partial charge in [-0.1, -0.05) is 13.3 Å². The third kappa shape index (κ3) is 10.7. The van der Waals surface area contributed by atoms with Gasteiger partial charge < -0.3 is 20.1 Å². The first-order valence-corrected chi connectivity index (χ1v) is 9.35. The van der Waals surface area contributed by atoms with Crippen molar-refractivity contribution < 1.29 is 9.47 Å². The van der Waals surface area contributed by atoms with Crippen molar-refractivity contribution in [2.75, 3.05) is 46.1 Å². The predicted molar refractivity (Wildman–Crippen MR) is 103 cm³/mol. The number of guanidine groups is 1. The number of aryl methyl sites for hydroxylation is 1. The largest absolute Gasteiger partial charge is 0.379 e. The lowest BCUT2D eigenvalue weighted by molar-refractivity contribution is 0.0497. The van der Waals surface area contributed by atoms with Crippen LogP contribution in [0.2, 0.25) is 0 Å². The Bertz CT molecular complexity index is 480. The van der Waals surface area contributed by atoms with Crippen molar-refractivity contribution in [3.63, 3.8) is 0 Å². The van der Waals surface area contributed by atoms with E-state index in [9.17, 15) is 0 Å². The third-order valence-electron chi connectivity index (χ3n) is 3.69.